The molecular formula is C21H29Cl2NO3. The van der Waals surface area contributed by atoms with Gasteiger partial charge >= 0.3 is 0 Å². The lowest BCUT2D eigenvalue weighted by Crippen LogP contribution is -2.15. The van der Waals surface area contributed by atoms with Crippen molar-refractivity contribution in [3.05, 3.63) is 58.1 Å². The van der Waals surface area contributed by atoms with Crippen LogP contribution in [0, 0.1) is 6.92 Å². The molecule has 6 heteroatoms. The van der Waals surface area contributed by atoms with Gasteiger partial charge in [-0.1, -0.05) is 41.4 Å². The van der Waals surface area contributed by atoms with Crippen molar-refractivity contribution in [3.63, 3.8) is 0 Å². The zero-order chi connectivity index (χ0) is 18.8. The SMILES string of the molecule is COc1cc(CNCCCCCO)cc(Cl)c1OCc1ccc(C)cc1.Cl. The Bertz CT molecular complexity index is 678. The van der Waals surface area contributed by atoms with Gasteiger partial charge in [-0.25, -0.2) is 0 Å². The monoisotopic (exact) mass is 413 g/mol. The van der Waals surface area contributed by atoms with Crippen LogP contribution in [0.15, 0.2) is 36.4 Å². The number of hydrogen-bond acceptors (Lipinski definition) is 4. The quantitative estimate of drug-likeness (QED) is 0.513. The molecule has 150 valence electrons. The van der Waals surface area contributed by atoms with Gasteiger partial charge in [-0.05, 0) is 56.0 Å². The number of rotatable bonds is 11. The van der Waals surface area contributed by atoms with Gasteiger partial charge in [-0.3, -0.25) is 0 Å². The van der Waals surface area contributed by atoms with Crippen LogP contribution in [0.25, 0.3) is 0 Å². The Labute approximate surface area is 173 Å². The van der Waals surface area contributed by atoms with E-state index in [1.54, 1.807) is 7.11 Å². The normalized spacial score (nSPS) is 10.4. The van der Waals surface area contributed by atoms with Gasteiger partial charge in [0.1, 0.15) is 6.61 Å². The maximum Gasteiger partial charge on any atom is 0.180 e. The lowest BCUT2D eigenvalue weighted by Gasteiger charge is -2.15. The minimum atomic E-state index is 0. The van der Waals surface area contributed by atoms with Gasteiger partial charge in [0.2, 0.25) is 0 Å². The first-order valence-corrected chi connectivity index (χ1v) is 9.38. The third-order valence-corrected chi connectivity index (χ3v) is 4.41. The summed E-state index contributed by atoms with van der Waals surface area (Å²) in [4.78, 5) is 0. The summed E-state index contributed by atoms with van der Waals surface area (Å²) in [7, 11) is 1.62. The molecule has 0 unspecified atom stereocenters. The molecule has 0 spiro atoms. The Morgan fingerprint density at radius 2 is 1.78 bits per heavy atom. The number of ether oxygens (including phenoxy) is 2. The van der Waals surface area contributed by atoms with Gasteiger partial charge in [0.05, 0.1) is 12.1 Å². The summed E-state index contributed by atoms with van der Waals surface area (Å²) < 4.78 is 11.4. The van der Waals surface area contributed by atoms with Crippen LogP contribution in [0.3, 0.4) is 0 Å². The molecule has 0 aliphatic carbocycles. The van der Waals surface area contributed by atoms with Crippen molar-refractivity contribution < 1.29 is 14.6 Å². The molecule has 0 aromatic heterocycles. The molecular weight excluding hydrogens is 385 g/mol. The van der Waals surface area contributed by atoms with Crippen molar-refractivity contribution in [2.75, 3.05) is 20.3 Å². The average molecular weight is 414 g/mol. The zero-order valence-electron chi connectivity index (χ0n) is 16.0. The first kappa shape index (κ1) is 23.6. The van der Waals surface area contributed by atoms with Gasteiger partial charge in [-0.2, -0.15) is 0 Å². The Morgan fingerprint density at radius 1 is 1.04 bits per heavy atom. The van der Waals surface area contributed by atoms with E-state index in [1.807, 2.05) is 24.3 Å². The Hall–Kier alpha value is -1.46. The highest BCUT2D eigenvalue weighted by Crippen LogP contribution is 2.37. The average Bonchev–Trinajstić information content (AvgIpc) is 2.64. The second-order valence-corrected chi connectivity index (χ2v) is 6.75. The number of hydrogen-bond donors (Lipinski definition) is 2. The van der Waals surface area contributed by atoms with E-state index in [-0.39, 0.29) is 19.0 Å². The molecule has 0 saturated heterocycles. The van der Waals surface area contributed by atoms with Crippen LogP contribution in [0.1, 0.15) is 36.0 Å². The molecule has 2 rings (SSSR count). The van der Waals surface area contributed by atoms with Gasteiger partial charge in [0, 0.05) is 13.2 Å². The fourth-order valence-corrected chi connectivity index (χ4v) is 2.91. The Kier molecular flexibility index (Phi) is 11.2. The van der Waals surface area contributed by atoms with Crippen molar-refractivity contribution in [1.82, 2.24) is 5.32 Å². The number of unbranched alkanes of at least 4 members (excludes halogenated alkanes) is 2. The van der Waals surface area contributed by atoms with E-state index in [0.29, 0.717) is 29.7 Å². The summed E-state index contributed by atoms with van der Waals surface area (Å²) >= 11 is 6.43. The Morgan fingerprint density at radius 3 is 2.44 bits per heavy atom. The summed E-state index contributed by atoms with van der Waals surface area (Å²) in [5.41, 5.74) is 3.36. The standard InChI is InChI=1S/C21H28ClNO3.ClH/c1-16-6-8-17(9-7-16)15-26-21-19(22)12-18(13-20(21)25-2)14-23-10-4-3-5-11-24;/h6-9,12-13,23-24H,3-5,10-11,14-15H2,1-2H3;1H. The van der Waals surface area contributed by atoms with E-state index < -0.39 is 0 Å². The second kappa shape index (κ2) is 12.8. The molecule has 27 heavy (non-hydrogen) atoms. The van der Waals surface area contributed by atoms with E-state index in [4.69, 9.17) is 26.2 Å². The summed E-state index contributed by atoms with van der Waals surface area (Å²) in [5, 5.41) is 12.7. The first-order valence-electron chi connectivity index (χ1n) is 9.00. The Balaban J connectivity index is 0.00000364. The number of aryl methyl sites for hydroxylation is 1. The largest absolute Gasteiger partial charge is 0.493 e. The molecule has 0 bridgehead atoms. The summed E-state index contributed by atoms with van der Waals surface area (Å²) in [6.07, 6.45) is 2.93. The molecule has 0 heterocycles. The smallest absolute Gasteiger partial charge is 0.180 e. The first-order chi connectivity index (χ1) is 12.6. The molecule has 0 radical (unpaired) electrons. The van der Waals surface area contributed by atoms with Crippen LogP contribution in [-0.2, 0) is 13.2 Å². The van der Waals surface area contributed by atoms with Crippen molar-refractivity contribution in [3.8, 4) is 11.5 Å². The number of methoxy groups -OCH3 is 1. The highest BCUT2D eigenvalue weighted by Gasteiger charge is 2.12. The molecule has 0 atom stereocenters. The number of nitrogens with one attached hydrogen (secondary N) is 1. The van der Waals surface area contributed by atoms with Crippen molar-refractivity contribution in [2.45, 2.75) is 39.3 Å². The molecule has 0 fully saturated rings. The van der Waals surface area contributed by atoms with E-state index in [9.17, 15) is 0 Å². The third kappa shape index (κ3) is 7.97. The molecule has 0 amide bonds. The second-order valence-electron chi connectivity index (χ2n) is 6.34. The zero-order valence-corrected chi connectivity index (χ0v) is 17.5. The fraction of sp³-hybridized carbons (Fsp3) is 0.429. The predicted molar refractivity (Wildman–Crippen MR) is 113 cm³/mol. The van der Waals surface area contributed by atoms with Crippen molar-refractivity contribution in [2.24, 2.45) is 0 Å². The van der Waals surface area contributed by atoms with E-state index >= 15 is 0 Å². The summed E-state index contributed by atoms with van der Waals surface area (Å²) in [6.45, 7) is 4.39. The van der Waals surface area contributed by atoms with Crippen LogP contribution in [-0.4, -0.2) is 25.4 Å². The number of halogens is 2. The molecule has 4 nitrogen and oxygen atoms in total. The van der Waals surface area contributed by atoms with Crippen molar-refractivity contribution in [1.29, 1.82) is 0 Å². The van der Waals surface area contributed by atoms with E-state index in [1.165, 1.54) is 5.56 Å². The highest BCUT2D eigenvalue weighted by atomic mass is 35.5. The minimum absolute atomic E-state index is 0. The molecule has 0 aliphatic rings. The fourth-order valence-electron chi connectivity index (χ4n) is 2.63. The maximum atomic E-state index is 8.78. The van der Waals surface area contributed by atoms with Crippen LogP contribution < -0.4 is 14.8 Å². The molecule has 2 N–H and O–H groups in total. The van der Waals surface area contributed by atoms with E-state index in [2.05, 4.69) is 24.4 Å². The molecule has 2 aromatic rings. The molecule has 2 aromatic carbocycles. The van der Waals surface area contributed by atoms with Gasteiger partial charge < -0.3 is 19.9 Å². The lowest BCUT2D eigenvalue weighted by atomic mass is 10.1. The maximum absolute atomic E-state index is 8.78. The number of benzene rings is 2. The minimum Gasteiger partial charge on any atom is -0.493 e. The predicted octanol–water partition coefficient (Wildman–Crippen LogP) is 4.91. The van der Waals surface area contributed by atoms with Crippen molar-refractivity contribution >= 4 is 24.0 Å². The van der Waals surface area contributed by atoms with E-state index in [0.717, 1.165) is 36.9 Å². The van der Waals surface area contributed by atoms with Crippen LogP contribution >= 0.6 is 24.0 Å². The highest BCUT2D eigenvalue weighted by molar-refractivity contribution is 6.32. The van der Waals surface area contributed by atoms with Gasteiger partial charge in [0.25, 0.3) is 0 Å². The van der Waals surface area contributed by atoms with Gasteiger partial charge in [0.15, 0.2) is 11.5 Å². The van der Waals surface area contributed by atoms with Crippen LogP contribution in [0.4, 0.5) is 0 Å². The topological polar surface area (TPSA) is 50.7 Å². The summed E-state index contributed by atoms with van der Waals surface area (Å²) in [5.74, 6) is 1.21. The number of aliphatic hydroxyl groups is 1. The van der Waals surface area contributed by atoms with Gasteiger partial charge in [-0.15, -0.1) is 12.4 Å². The number of aliphatic hydroxyl groups excluding tert-OH is 1. The summed E-state index contributed by atoms with van der Waals surface area (Å²) in [6, 6.07) is 12.1. The lowest BCUT2D eigenvalue weighted by molar-refractivity contribution is 0.282. The van der Waals surface area contributed by atoms with Crippen LogP contribution in [0.5, 0.6) is 11.5 Å². The molecule has 0 aliphatic heterocycles. The third-order valence-electron chi connectivity index (χ3n) is 4.13. The molecule has 0 saturated carbocycles. The van der Waals surface area contributed by atoms with Crippen LogP contribution in [0.2, 0.25) is 5.02 Å².